The van der Waals surface area contributed by atoms with E-state index >= 15 is 0 Å². The van der Waals surface area contributed by atoms with Crippen molar-refractivity contribution in [3.63, 3.8) is 0 Å². The lowest BCUT2D eigenvalue weighted by atomic mass is 10.2. The Kier molecular flexibility index (Phi) is 6.39. The highest BCUT2D eigenvalue weighted by molar-refractivity contribution is 9.09. The van der Waals surface area contributed by atoms with Crippen LogP contribution in [0.1, 0.15) is 12.5 Å². The summed E-state index contributed by atoms with van der Waals surface area (Å²) in [6, 6.07) is 8.65. The number of halogens is 1. The highest BCUT2D eigenvalue weighted by atomic mass is 79.9. The second-order valence-corrected chi connectivity index (χ2v) is 10.9. The van der Waals surface area contributed by atoms with Crippen molar-refractivity contribution in [2.75, 3.05) is 29.5 Å². The summed E-state index contributed by atoms with van der Waals surface area (Å²) < 4.78 is 6.01. The minimum atomic E-state index is -1.48. The maximum absolute atomic E-state index is 6.01. The number of anilines is 1. The van der Waals surface area contributed by atoms with Gasteiger partial charge in [0, 0.05) is 23.7 Å². The zero-order valence-electron chi connectivity index (χ0n) is 11.9. The second kappa shape index (κ2) is 7.31. The fourth-order valence-electron chi connectivity index (χ4n) is 1.77. The number of rotatable bonds is 7. The summed E-state index contributed by atoms with van der Waals surface area (Å²) in [5, 5.41) is 0. The van der Waals surface area contributed by atoms with Crippen LogP contribution in [-0.2, 0) is 4.43 Å². The Morgan fingerprint density at radius 2 is 2.06 bits per heavy atom. The molecule has 0 aromatic heterocycles. The Labute approximate surface area is 121 Å². The van der Waals surface area contributed by atoms with Gasteiger partial charge in [0.2, 0.25) is 0 Å². The lowest BCUT2D eigenvalue weighted by Gasteiger charge is -2.26. The van der Waals surface area contributed by atoms with Crippen LogP contribution in [0.4, 0.5) is 5.69 Å². The normalized spacial score (nSPS) is 11.6. The van der Waals surface area contributed by atoms with Crippen molar-refractivity contribution in [1.82, 2.24) is 0 Å². The molecule has 0 spiro atoms. The molecule has 0 fully saturated rings. The highest BCUT2D eigenvalue weighted by Crippen LogP contribution is 2.16. The van der Waals surface area contributed by atoms with Crippen LogP contribution < -0.4 is 4.90 Å². The smallest absolute Gasteiger partial charge is 0.197 e. The van der Waals surface area contributed by atoms with Gasteiger partial charge in [0.25, 0.3) is 0 Å². The molecule has 0 amide bonds. The molecule has 0 aliphatic heterocycles. The Hall–Kier alpha value is -0.323. The first kappa shape index (κ1) is 15.7. The van der Waals surface area contributed by atoms with E-state index in [0.29, 0.717) is 0 Å². The highest BCUT2D eigenvalue weighted by Gasteiger charge is 2.20. The summed E-state index contributed by atoms with van der Waals surface area (Å²) in [6.07, 6.45) is 0. The Morgan fingerprint density at radius 1 is 1.33 bits per heavy atom. The number of nitrogens with zero attached hydrogens (tertiary/aromatic N) is 1. The first-order valence-electron chi connectivity index (χ1n) is 6.50. The minimum absolute atomic E-state index is 0.812. The first-order chi connectivity index (χ1) is 8.48. The van der Waals surface area contributed by atoms with Crippen LogP contribution in [0.2, 0.25) is 13.1 Å². The van der Waals surface area contributed by atoms with Crippen molar-refractivity contribution in [3.05, 3.63) is 29.8 Å². The third-order valence-corrected chi connectivity index (χ3v) is 8.60. The van der Waals surface area contributed by atoms with E-state index in [0.717, 1.165) is 24.6 Å². The molecule has 0 bridgehead atoms. The summed E-state index contributed by atoms with van der Waals surface area (Å²) in [5.41, 5.74) is 2.60. The standard InChI is InChI=1S/C14H24BrNOSi/c1-5-16(9-10-17-18(3,4)12-15)14-8-6-7-13(2)11-14/h6-8,11H,5,9-10,12H2,1-4H3. The van der Waals surface area contributed by atoms with E-state index in [4.69, 9.17) is 4.43 Å². The van der Waals surface area contributed by atoms with Crippen LogP contribution >= 0.6 is 15.9 Å². The van der Waals surface area contributed by atoms with Gasteiger partial charge in [-0.2, -0.15) is 0 Å². The first-order valence-corrected chi connectivity index (χ1v) is 10.7. The quantitative estimate of drug-likeness (QED) is 0.554. The molecule has 4 heteroatoms. The predicted octanol–water partition coefficient (Wildman–Crippen LogP) is 3.98. The molecule has 1 aromatic carbocycles. The molecular weight excluding hydrogens is 306 g/mol. The maximum atomic E-state index is 6.01. The lowest BCUT2D eigenvalue weighted by Crippen LogP contribution is -2.37. The summed E-state index contributed by atoms with van der Waals surface area (Å²) in [4.78, 5) is 3.36. The SMILES string of the molecule is CCN(CCO[Si](C)(C)CBr)c1cccc(C)c1. The number of aryl methyl sites for hydroxylation is 1. The molecular formula is C14H24BrNOSi. The van der Waals surface area contributed by atoms with Crippen LogP contribution in [0.25, 0.3) is 0 Å². The van der Waals surface area contributed by atoms with E-state index < -0.39 is 8.32 Å². The largest absolute Gasteiger partial charge is 0.415 e. The van der Waals surface area contributed by atoms with Gasteiger partial charge in [-0.25, -0.2) is 0 Å². The molecule has 0 aliphatic carbocycles. The average molecular weight is 330 g/mol. The average Bonchev–Trinajstić information content (AvgIpc) is 2.34. The molecule has 0 N–H and O–H groups in total. The molecule has 1 aromatic rings. The van der Waals surface area contributed by atoms with Gasteiger partial charge < -0.3 is 9.33 Å². The maximum Gasteiger partial charge on any atom is 0.197 e. The predicted molar refractivity (Wildman–Crippen MR) is 86.3 cm³/mol. The van der Waals surface area contributed by atoms with E-state index in [2.05, 4.69) is 72.0 Å². The number of hydrogen-bond donors (Lipinski definition) is 0. The van der Waals surface area contributed by atoms with Crippen LogP contribution in [-0.4, -0.2) is 33.0 Å². The minimum Gasteiger partial charge on any atom is -0.415 e. The molecule has 1 rings (SSSR count). The molecule has 0 radical (unpaired) electrons. The van der Waals surface area contributed by atoms with E-state index in [1.807, 2.05) is 0 Å². The number of hydrogen-bond acceptors (Lipinski definition) is 2. The monoisotopic (exact) mass is 329 g/mol. The van der Waals surface area contributed by atoms with Gasteiger partial charge >= 0.3 is 0 Å². The van der Waals surface area contributed by atoms with Crippen LogP contribution in [0.15, 0.2) is 24.3 Å². The van der Waals surface area contributed by atoms with E-state index in [1.165, 1.54) is 11.3 Å². The number of benzene rings is 1. The van der Waals surface area contributed by atoms with Crippen LogP contribution in [0.5, 0.6) is 0 Å². The molecule has 0 atom stereocenters. The molecule has 0 aliphatic rings. The van der Waals surface area contributed by atoms with Gasteiger partial charge in [-0.05, 0) is 44.6 Å². The molecule has 18 heavy (non-hydrogen) atoms. The number of alkyl halides is 1. The van der Waals surface area contributed by atoms with Crippen molar-refractivity contribution in [3.8, 4) is 0 Å². The summed E-state index contributed by atoms with van der Waals surface area (Å²) >= 11 is 3.53. The van der Waals surface area contributed by atoms with Crippen molar-refractivity contribution >= 4 is 29.9 Å². The molecule has 0 unspecified atom stereocenters. The van der Waals surface area contributed by atoms with E-state index in [9.17, 15) is 0 Å². The molecule has 0 saturated carbocycles. The third-order valence-electron chi connectivity index (χ3n) is 2.92. The van der Waals surface area contributed by atoms with Gasteiger partial charge in [-0.3, -0.25) is 0 Å². The fraction of sp³-hybridized carbons (Fsp3) is 0.571. The van der Waals surface area contributed by atoms with E-state index in [1.54, 1.807) is 0 Å². The topological polar surface area (TPSA) is 12.5 Å². The van der Waals surface area contributed by atoms with E-state index in [-0.39, 0.29) is 0 Å². The third kappa shape index (κ3) is 5.12. The summed E-state index contributed by atoms with van der Waals surface area (Å²) in [5.74, 6) is 0. The number of likely N-dealkylation sites (N-methyl/N-ethyl adjacent to an activating group) is 1. The zero-order chi connectivity index (χ0) is 13.6. The van der Waals surface area contributed by atoms with Crippen molar-refractivity contribution in [2.24, 2.45) is 0 Å². The van der Waals surface area contributed by atoms with Gasteiger partial charge in [0.1, 0.15) is 0 Å². The van der Waals surface area contributed by atoms with Crippen molar-refractivity contribution < 1.29 is 4.43 Å². The molecule has 0 saturated heterocycles. The van der Waals surface area contributed by atoms with Crippen LogP contribution in [0, 0.1) is 6.92 Å². The van der Waals surface area contributed by atoms with Gasteiger partial charge in [-0.1, -0.05) is 28.1 Å². The van der Waals surface area contributed by atoms with Gasteiger partial charge in [0.15, 0.2) is 8.32 Å². The Morgan fingerprint density at radius 3 is 2.61 bits per heavy atom. The molecule has 102 valence electrons. The fourth-order valence-corrected chi connectivity index (χ4v) is 2.97. The van der Waals surface area contributed by atoms with Gasteiger partial charge in [0.05, 0.1) is 6.61 Å². The van der Waals surface area contributed by atoms with Crippen molar-refractivity contribution in [1.29, 1.82) is 0 Å². The van der Waals surface area contributed by atoms with Gasteiger partial charge in [-0.15, -0.1) is 0 Å². The summed E-state index contributed by atoms with van der Waals surface area (Å²) in [7, 11) is -1.48. The van der Waals surface area contributed by atoms with Crippen LogP contribution in [0.3, 0.4) is 0 Å². The second-order valence-electron chi connectivity index (χ2n) is 5.16. The molecule has 2 nitrogen and oxygen atoms in total. The summed E-state index contributed by atoms with van der Waals surface area (Å²) in [6.45, 7) is 11.6. The van der Waals surface area contributed by atoms with Crippen molar-refractivity contribution in [2.45, 2.75) is 26.9 Å². The lowest BCUT2D eigenvalue weighted by molar-refractivity contribution is 0.318. The Balaban J connectivity index is 2.53. The Bertz CT molecular complexity index is 371. The molecule has 0 heterocycles. The zero-order valence-corrected chi connectivity index (χ0v) is 14.5.